The highest BCUT2D eigenvalue weighted by Crippen LogP contribution is 2.47. The minimum atomic E-state index is -1.84. The fourth-order valence-electron chi connectivity index (χ4n) is 3.72. The van der Waals surface area contributed by atoms with Gasteiger partial charge in [-0.2, -0.15) is 9.28 Å². The molecule has 7 heteroatoms. The summed E-state index contributed by atoms with van der Waals surface area (Å²) < 4.78 is -0.606. The van der Waals surface area contributed by atoms with Crippen molar-refractivity contribution in [2.45, 2.75) is 46.7 Å². The van der Waals surface area contributed by atoms with Crippen LogP contribution in [0.1, 0.15) is 45.7 Å². The van der Waals surface area contributed by atoms with Crippen LogP contribution < -0.4 is 4.48 Å². The number of fused-ring (bicyclic) bond motifs is 1. The average Bonchev–Trinajstić information content (AvgIpc) is 2.87. The van der Waals surface area contributed by atoms with Crippen molar-refractivity contribution in [3.05, 3.63) is 34.9 Å². The number of nitrogens with zero attached hydrogens (tertiary/aromatic N) is 2. The molecule has 0 saturated carbocycles. The predicted octanol–water partition coefficient (Wildman–Crippen LogP) is 2.68. The first-order chi connectivity index (χ1) is 11.6. The van der Waals surface area contributed by atoms with E-state index in [0.29, 0.717) is 5.69 Å². The molecule has 0 aliphatic carbocycles. The third-order valence-corrected chi connectivity index (χ3v) is 5.00. The molecule has 0 bridgehead atoms. The van der Waals surface area contributed by atoms with Gasteiger partial charge in [-0.05, 0) is 45.5 Å². The molecule has 1 amide bonds. The summed E-state index contributed by atoms with van der Waals surface area (Å²) in [5.74, 6) is 0. The predicted molar refractivity (Wildman–Crippen MR) is 101 cm³/mol. The van der Waals surface area contributed by atoms with Crippen molar-refractivity contribution in [3.63, 3.8) is 0 Å². The van der Waals surface area contributed by atoms with Crippen LogP contribution in [0.3, 0.4) is 0 Å². The van der Waals surface area contributed by atoms with Gasteiger partial charge in [-0.15, -0.1) is 0 Å². The van der Waals surface area contributed by atoms with Crippen LogP contribution in [-0.2, 0) is 6.54 Å². The maximum atomic E-state index is 12.3. The molecule has 6 nitrogen and oxygen atoms in total. The normalized spacial score (nSPS) is 19.8. The fourth-order valence-corrected chi connectivity index (χ4v) is 3.72. The van der Waals surface area contributed by atoms with Gasteiger partial charge in [0, 0.05) is 24.3 Å². The van der Waals surface area contributed by atoms with Crippen LogP contribution in [0.15, 0.2) is 23.8 Å². The van der Waals surface area contributed by atoms with Crippen molar-refractivity contribution < 1.29 is 19.9 Å². The maximum Gasteiger partial charge on any atom is 0.549 e. The Balaban J connectivity index is 2.62. The number of benzene rings is 1. The number of hydrogen-bond donors (Lipinski definition) is 3. The standard InChI is InChI=1S/C18H27BN2O4/c1-6-20(7-2)12-13-8-9-15-14(10-13)11-16(19(24)25)21(15,17(22)23)18(3,4)5/h8-11,24-25H,6-7,12H2,1-5H3/p+1. The quantitative estimate of drug-likeness (QED) is 0.564. The molecule has 0 radical (unpaired) electrons. The minimum absolute atomic E-state index is 0.0648. The van der Waals surface area contributed by atoms with E-state index >= 15 is 0 Å². The highest BCUT2D eigenvalue weighted by atomic mass is 16.4. The van der Waals surface area contributed by atoms with Gasteiger partial charge in [-0.25, -0.2) is 0 Å². The molecule has 136 valence electrons. The van der Waals surface area contributed by atoms with Crippen molar-refractivity contribution in [3.8, 4) is 0 Å². The van der Waals surface area contributed by atoms with Gasteiger partial charge in [0.25, 0.3) is 0 Å². The Morgan fingerprint density at radius 1 is 1.20 bits per heavy atom. The molecule has 1 unspecified atom stereocenters. The van der Waals surface area contributed by atoms with Crippen molar-refractivity contribution in [2.24, 2.45) is 0 Å². The molecule has 1 aliphatic heterocycles. The molecular weight excluding hydrogens is 319 g/mol. The molecule has 1 aliphatic rings. The Bertz CT molecular complexity index is 693. The lowest BCUT2D eigenvalue weighted by atomic mass is 9.81. The third-order valence-electron chi connectivity index (χ3n) is 5.00. The lowest BCUT2D eigenvalue weighted by Crippen LogP contribution is -2.65. The first kappa shape index (κ1) is 19.7. The Morgan fingerprint density at radius 2 is 1.80 bits per heavy atom. The Kier molecular flexibility index (Phi) is 5.44. The van der Waals surface area contributed by atoms with Crippen LogP contribution in [-0.4, -0.2) is 51.9 Å². The van der Waals surface area contributed by atoms with Gasteiger partial charge < -0.3 is 15.2 Å². The number of amides is 1. The van der Waals surface area contributed by atoms with Gasteiger partial charge in [0.15, 0.2) is 11.3 Å². The van der Waals surface area contributed by atoms with E-state index in [4.69, 9.17) is 0 Å². The summed E-state index contributed by atoms with van der Waals surface area (Å²) in [5.41, 5.74) is 1.64. The van der Waals surface area contributed by atoms with E-state index in [-0.39, 0.29) is 5.60 Å². The molecule has 1 atom stereocenters. The van der Waals surface area contributed by atoms with Gasteiger partial charge in [-0.3, -0.25) is 4.90 Å². The van der Waals surface area contributed by atoms with Crippen molar-refractivity contribution in [2.75, 3.05) is 13.1 Å². The van der Waals surface area contributed by atoms with E-state index in [1.807, 2.05) is 12.1 Å². The van der Waals surface area contributed by atoms with Crippen LogP contribution in [0, 0.1) is 0 Å². The summed E-state index contributed by atoms with van der Waals surface area (Å²) in [6, 6.07) is 5.68. The largest absolute Gasteiger partial charge is 0.549 e. The van der Waals surface area contributed by atoms with Crippen LogP contribution in [0.2, 0.25) is 0 Å². The summed E-state index contributed by atoms with van der Waals surface area (Å²) in [4.78, 5) is 14.6. The summed E-state index contributed by atoms with van der Waals surface area (Å²) in [6.07, 6.45) is 0.479. The van der Waals surface area contributed by atoms with Crippen LogP contribution in [0.25, 0.3) is 6.08 Å². The summed E-state index contributed by atoms with van der Waals surface area (Å²) in [5, 5.41) is 29.8. The van der Waals surface area contributed by atoms with Gasteiger partial charge in [-0.1, -0.05) is 19.9 Å². The molecule has 0 saturated heterocycles. The molecule has 2 rings (SSSR count). The zero-order valence-electron chi connectivity index (χ0n) is 15.7. The highest BCUT2D eigenvalue weighted by Gasteiger charge is 2.60. The molecule has 1 aromatic carbocycles. The zero-order valence-corrected chi connectivity index (χ0v) is 15.7. The van der Waals surface area contributed by atoms with E-state index in [1.54, 1.807) is 32.9 Å². The second-order valence-corrected chi connectivity index (χ2v) is 7.42. The summed E-state index contributed by atoms with van der Waals surface area (Å²) >= 11 is 0. The van der Waals surface area contributed by atoms with Crippen LogP contribution in [0.4, 0.5) is 10.5 Å². The van der Waals surface area contributed by atoms with Crippen molar-refractivity contribution in [1.82, 2.24) is 9.38 Å². The SMILES string of the molecule is CCN(CC)Cc1ccc2c(c1)C=C(B(O)O)[N+]2(C(=O)O)C(C)(C)C. The second-order valence-electron chi connectivity index (χ2n) is 7.42. The van der Waals surface area contributed by atoms with Gasteiger partial charge in [0.05, 0.1) is 0 Å². The van der Waals surface area contributed by atoms with E-state index in [2.05, 4.69) is 18.7 Å². The molecule has 0 spiro atoms. The first-order valence-electron chi connectivity index (χ1n) is 8.66. The second kappa shape index (κ2) is 6.92. The van der Waals surface area contributed by atoms with Gasteiger partial charge in [0.2, 0.25) is 0 Å². The Hall–Kier alpha value is -1.67. The van der Waals surface area contributed by atoms with E-state index in [0.717, 1.165) is 30.8 Å². The molecule has 1 aromatic rings. The van der Waals surface area contributed by atoms with Gasteiger partial charge >= 0.3 is 13.2 Å². The third kappa shape index (κ3) is 3.13. The smallest absolute Gasteiger partial charge is 0.435 e. The topological polar surface area (TPSA) is 81.0 Å². The molecule has 25 heavy (non-hydrogen) atoms. The Labute approximate surface area is 149 Å². The number of quaternary nitrogens is 1. The lowest BCUT2D eigenvalue weighted by Gasteiger charge is -2.41. The lowest BCUT2D eigenvalue weighted by molar-refractivity contribution is 0.126. The van der Waals surface area contributed by atoms with Gasteiger partial charge in [0.1, 0.15) is 5.54 Å². The fraction of sp³-hybridized carbons (Fsp3) is 0.500. The number of hydrogen-bond acceptors (Lipinski definition) is 4. The monoisotopic (exact) mass is 347 g/mol. The minimum Gasteiger partial charge on any atom is -0.435 e. The highest BCUT2D eigenvalue weighted by molar-refractivity contribution is 6.53. The molecule has 0 aromatic heterocycles. The van der Waals surface area contributed by atoms with Crippen molar-refractivity contribution >= 4 is 25.0 Å². The Morgan fingerprint density at radius 3 is 2.24 bits per heavy atom. The van der Waals surface area contributed by atoms with E-state index < -0.39 is 23.2 Å². The molecule has 0 fully saturated rings. The van der Waals surface area contributed by atoms with E-state index in [1.165, 1.54) is 0 Å². The van der Waals surface area contributed by atoms with Crippen LogP contribution >= 0.6 is 0 Å². The molecule has 1 heterocycles. The average molecular weight is 347 g/mol. The first-order valence-corrected chi connectivity index (χ1v) is 8.66. The number of carbonyl (C=O) groups is 1. The maximum absolute atomic E-state index is 12.3. The zero-order chi connectivity index (χ0) is 19.0. The number of rotatable bonds is 5. The molecular formula is C18H28BN2O4+. The van der Waals surface area contributed by atoms with E-state index in [9.17, 15) is 19.9 Å². The summed E-state index contributed by atoms with van der Waals surface area (Å²) in [7, 11) is -1.84. The molecule has 3 N–H and O–H groups in total. The summed E-state index contributed by atoms with van der Waals surface area (Å²) in [6.45, 7) is 12.2. The number of carboxylic acid groups (broad SMARTS) is 1. The van der Waals surface area contributed by atoms with Crippen LogP contribution in [0.5, 0.6) is 0 Å². The van der Waals surface area contributed by atoms with Crippen molar-refractivity contribution in [1.29, 1.82) is 0 Å².